The topological polar surface area (TPSA) is 42.6 Å². The van der Waals surface area contributed by atoms with Crippen molar-refractivity contribution in [2.45, 2.75) is 60.3 Å². The predicted octanol–water partition coefficient (Wildman–Crippen LogP) is 6.36. The van der Waals surface area contributed by atoms with E-state index in [2.05, 4.69) is 103 Å². The molecule has 164 valence electrons. The molecule has 0 radical (unpaired) electrons. The van der Waals surface area contributed by atoms with Gasteiger partial charge in [0.05, 0.1) is 5.39 Å². The average Bonchev–Trinajstić information content (AvgIpc) is 2.75. The van der Waals surface area contributed by atoms with Crippen LogP contribution in [0.15, 0.2) is 42.6 Å². The van der Waals surface area contributed by atoms with Gasteiger partial charge in [0.1, 0.15) is 18.7 Å². The third kappa shape index (κ3) is 4.02. The van der Waals surface area contributed by atoms with E-state index in [9.17, 15) is 0 Å². The van der Waals surface area contributed by atoms with Crippen LogP contribution in [0.1, 0.15) is 67.9 Å². The van der Waals surface area contributed by atoms with Crippen molar-refractivity contribution in [1.82, 2.24) is 15.0 Å². The molecule has 0 unspecified atom stereocenters. The maximum Gasteiger partial charge on any atom is 0.213 e. The Morgan fingerprint density at radius 1 is 0.781 bits per heavy atom. The Bertz CT molecular complexity index is 1290. The smallest absolute Gasteiger partial charge is 0.213 e. The fourth-order valence-corrected chi connectivity index (χ4v) is 4.18. The molecule has 0 saturated heterocycles. The van der Waals surface area contributed by atoms with Crippen LogP contribution in [-0.4, -0.2) is 15.0 Å². The van der Waals surface area contributed by atoms with Crippen molar-refractivity contribution in [3.63, 3.8) is 0 Å². The molecule has 0 fully saturated rings. The number of hydrogen-bond donors (Lipinski definition) is 0. The van der Waals surface area contributed by atoms with Gasteiger partial charge in [-0.3, -0.25) is 0 Å². The van der Waals surface area contributed by atoms with E-state index in [0.717, 1.165) is 28.4 Å². The van der Waals surface area contributed by atoms with Crippen LogP contribution in [0.2, 0.25) is 0 Å². The number of nitrogens with zero attached hydrogens (tertiary/aromatic N) is 4. The summed E-state index contributed by atoms with van der Waals surface area (Å²) < 4.78 is 2.22. The van der Waals surface area contributed by atoms with E-state index in [-0.39, 0.29) is 11.8 Å². The number of benzene rings is 2. The van der Waals surface area contributed by atoms with Crippen LogP contribution in [0.4, 0.5) is 0 Å². The van der Waals surface area contributed by atoms with Gasteiger partial charge in [-0.1, -0.05) is 57.5 Å². The zero-order valence-electron chi connectivity index (χ0n) is 20.5. The highest BCUT2D eigenvalue weighted by molar-refractivity contribution is 5.95. The molecule has 4 rings (SSSR count). The lowest BCUT2D eigenvalue weighted by Gasteiger charge is -2.13. The number of aryl methyl sites for hydroxylation is 3. The van der Waals surface area contributed by atoms with Crippen molar-refractivity contribution in [1.29, 1.82) is 0 Å². The number of pyridine rings is 1. The molecule has 2 aromatic heterocycles. The first kappa shape index (κ1) is 22.1. The minimum absolute atomic E-state index is 0.250. The van der Waals surface area contributed by atoms with Gasteiger partial charge in [0, 0.05) is 29.0 Å². The van der Waals surface area contributed by atoms with Gasteiger partial charge in [0.15, 0.2) is 12.0 Å². The quantitative estimate of drug-likeness (QED) is 0.358. The molecule has 0 aliphatic rings. The van der Waals surface area contributed by atoms with E-state index < -0.39 is 0 Å². The van der Waals surface area contributed by atoms with Gasteiger partial charge in [-0.2, -0.15) is 0 Å². The zero-order valence-corrected chi connectivity index (χ0v) is 20.5. The predicted molar refractivity (Wildman–Crippen MR) is 132 cm³/mol. The van der Waals surface area contributed by atoms with E-state index >= 15 is 0 Å². The Labute approximate surface area is 191 Å². The number of aromatic nitrogens is 4. The molecule has 2 heterocycles. The van der Waals surface area contributed by atoms with E-state index in [1.54, 1.807) is 0 Å². The summed E-state index contributed by atoms with van der Waals surface area (Å²) in [6, 6.07) is 13.2. The Hall–Kier alpha value is -3.14. The second kappa shape index (κ2) is 8.42. The SMILES string of the molecule is Cc1cc(C)c(C)c(-c2cc3cccc(-c4nc(C(C)C)nc(C(C)C)n4)c3c[n+]2C)c1. The van der Waals surface area contributed by atoms with E-state index in [0.29, 0.717) is 0 Å². The van der Waals surface area contributed by atoms with Crippen molar-refractivity contribution in [3.8, 4) is 22.6 Å². The van der Waals surface area contributed by atoms with Gasteiger partial charge in [0.2, 0.25) is 5.69 Å². The molecule has 32 heavy (non-hydrogen) atoms. The van der Waals surface area contributed by atoms with Crippen LogP contribution in [0.25, 0.3) is 33.4 Å². The molecule has 4 aromatic rings. The van der Waals surface area contributed by atoms with Crippen molar-refractivity contribution in [2.24, 2.45) is 7.05 Å². The second-order valence-electron chi connectivity index (χ2n) is 9.52. The number of fused-ring (bicyclic) bond motifs is 1. The fraction of sp³-hybridized carbons (Fsp3) is 0.357. The second-order valence-corrected chi connectivity index (χ2v) is 9.52. The summed E-state index contributed by atoms with van der Waals surface area (Å²) in [6.45, 7) is 15.1. The summed E-state index contributed by atoms with van der Waals surface area (Å²) in [6.07, 6.45) is 2.21. The first-order chi connectivity index (χ1) is 15.2. The van der Waals surface area contributed by atoms with Crippen LogP contribution >= 0.6 is 0 Å². The lowest BCUT2D eigenvalue weighted by molar-refractivity contribution is -0.659. The molecule has 2 aromatic carbocycles. The van der Waals surface area contributed by atoms with E-state index in [1.165, 1.54) is 33.3 Å². The average molecular weight is 426 g/mol. The molecule has 0 saturated carbocycles. The first-order valence-corrected chi connectivity index (χ1v) is 11.4. The Morgan fingerprint density at radius 2 is 1.44 bits per heavy atom. The highest BCUT2D eigenvalue weighted by atomic mass is 15.0. The lowest BCUT2D eigenvalue weighted by Crippen LogP contribution is -2.30. The Kier molecular flexibility index (Phi) is 5.81. The molecule has 0 spiro atoms. The van der Waals surface area contributed by atoms with Gasteiger partial charge in [-0.15, -0.1) is 0 Å². The van der Waals surface area contributed by atoms with Gasteiger partial charge < -0.3 is 0 Å². The summed E-state index contributed by atoms with van der Waals surface area (Å²) in [4.78, 5) is 14.4. The van der Waals surface area contributed by atoms with Crippen LogP contribution < -0.4 is 4.57 Å². The molecule has 4 heteroatoms. The third-order valence-corrected chi connectivity index (χ3v) is 6.17. The summed E-state index contributed by atoms with van der Waals surface area (Å²) in [5.74, 6) is 2.96. The van der Waals surface area contributed by atoms with Crippen LogP contribution in [0.3, 0.4) is 0 Å². The summed E-state index contributed by atoms with van der Waals surface area (Å²) in [5.41, 5.74) is 7.46. The standard InChI is InChI=1S/C28H33N4/c1-16(2)26-29-27(17(3)4)31-28(30-26)22-11-9-10-21-14-25(32(8)15-24(21)22)23-13-18(5)12-19(6)20(23)7/h9-17H,1-8H3/q+1. The van der Waals surface area contributed by atoms with Crippen molar-refractivity contribution >= 4 is 10.8 Å². The van der Waals surface area contributed by atoms with Gasteiger partial charge in [-0.05, 0) is 43.4 Å². The number of rotatable bonds is 4. The third-order valence-electron chi connectivity index (χ3n) is 6.17. The van der Waals surface area contributed by atoms with Gasteiger partial charge in [0.25, 0.3) is 0 Å². The van der Waals surface area contributed by atoms with E-state index in [4.69, 9.17) is 15.0 Å². The van der Waals surface area contributed by atoms with Crippen molar-refractivity contribution < 1.29 is 4.57 Å². The monoisotopic (exact) mass is 425 g/mol. The molecule has 0 bridgehead atoms. The Balaban J connectivity index is 1.95. The molecule has 0 aliphatic carbocycles. The molecular formula is C28H33N4+. The van der Waals surface area contributed by atoms with Gasteiger partial charge in [-0.25, -0.2) is 19.5 Å². The minimum Gasteiger partial charge on any atom is -0.217 e. The summed E-state index contributed by atoms with van der Waals surface area (Å²) in [5, 5.41) is 2.34. The molecule has 4 nitrogen and oxygen atoms in total. The normalized spacial score (nSPS) is 11.7. The van der Waals surface area contributed by atoms with Crippen LogP contribution in [0, 0.1) is 20.8 Å². The highest BCUT2D eigenvalue weighted by Crippen LogP contribution is 2.31. The molecule has 0 N–H and O–H groups in total. The minimum atomic E-state index is 0.250. The number of hydrogen-bond acceptors (Lipinski definition) is 3. The molecule has 0 atom stereocenters. The van der Waals surface area contributed by atoms with E-state index in [1.807, 2.05) is 0 Å². The van der Waals surface area contributed by atoms with Crippen molar-refractivity contribution in [3.05, 3.63) is 70.9 Å². The molecule has 0 amide bonds. The summed E-state index contributed by atoms with van der Waals surface area (Å²) in [7, 11) is 2.12. The largest absolute Gasteiger partial charge is 0.217 e. The maximum absolute atomic E-state index is 4.85. The van der Waals surface area contributed by atoms with Gasteiger partial charge >= 0.3 is 0 Å². The summed E-state index contributed by atoms with van der Waals surface area (Å²) >= 11 is 0. The maximum atomic E-state index is 4.85. The Morgan fingerprint density at radius 3 is 2.06 bits per heavy atom. The lowest BCUT2D eigenvalue weighted by atomic mass is 9.96. The molecular weight excluding hydrogens is 392 g/mol. The fourth-order valence-electron chi connectivity index (χ4n) is 4.18. The zero-order chi connectivity index (χ0) is 23.2. The van der Waals surface area contributed by atoms with Crippen molar-refractivity contribution in [2.75, 3.05) is 0 Å². The highest BCUT2D eigenvalue weighted by Gasteiger charge is 2.20. The molecule has 0 aliphatic heterocycles. The van der Waals surface area contributed by atoms with Crippen LogP contribution in [0.5, 0.6) is 0 Å². The first-order valence-electron chi connectivity index (χ1n) is 11.4. The van der Waals surface area contributed by atoms with Crippen LogP contribution in [-0.2, 0) is 7.05 Å².